The van der Waals surface area contributed by atoms with Crippen LogP contribution in [0.4, 0.5) is 11.5 Å². The van der Waals surface area contributed by atoms with E-state index in [1.807, 2.05) is 36.4 Å². The van der Waals surface area contributed by atoms with E-state index in [1.54, 1.807) is 6.33 Å². The van der Waals surface area contributed by atoms with E-state index in [9.17, 15) is 0 Å². The summed E-state index contributed by atoms with van der Waals surface area (Å²) in [6.45, 7) is 0. The van der Waals surface area contributed by atoms with Crippen LogP contribution in [0.25, 0.3) is 10.9 Å². The van der Waals surface area contributed by atoms with E-state index >= 15 is 0 Å². The third-order valence-electron chi connectivity index (χ3n) is 2.76. The lowest BCUT2D eigenvalue weighted by molar-refractivity contribution is 1.21. The minimum Gasteiger partial charge on any atom is -0.340 e. The normalized spacial score (nSPS) is 10.8. The van der Waals surface area contributed by atoms with Gasteiger partial charge in [0.15, 0.2) is 0 Å². The van der Waals surface area contributed by atoms with Crippen LogP contribution in [0.2, 0.25) is 5.02 Å². The number of hydrogen-bond acceptors (Lipinski definition) is 3. The van der Waals surface area contributed by atoms with Crippen molar-refractivity contribution in [2.45, 2.75) is 0 Å². The predicted molar refractivity (Wildman–Crippen MR) is 89.7 cm³/mol. The molecule has 0 bridgehead atoms. The van der Waals surface area contributed by atoms with Gasteiger partial charge in [0.2, 0.25) is 0 Å². The summed E-state index contributed by atoms with van der Waals surface area (Å²) in [5, 5.41) is 4.91. The monoisotopic (exact) mass is 411 g/mol. The molecule has 0 radical (unpaired) electrons. The smallest absolute Gasteiger partial charge is 0.141 e. The zero-order chi connectivity index (χ0) is 14.1. The first-order valence-electron chi connectivity index (χ1n) is 5.76. The van der Waals surface area contributed by atoms with E-state index in [0.717, 1.165) is 31.4 Å². The molecule has 0 amide bonds. The van der Waals surface area contributed by atoms with Gasteiger partial charge in [-0.15, -0.1) is 0 Å². The highest BCUT2D eigenvalue weighted by molar-refractivity contribution is 9.11. The number of hydrogen-bond donors (Lipinski definition) is 1. The number of aromatic nitrogens is 2. The van der Waals surface area contributed by atoms with Crippen molar-refractivity contribution in [1.29, 1.82) is 0 Å². The lowest BCUT2D eigenvalue weighted by Gasteiger charge is -2.09. The summed E-state index contributed by atoms with van der Waals surface area (Å²) < 4.78 is 1.88. The molecular weight excluding hydrogens is 405 g/mol. The van der Waals surface area contributed by atoms with E-state index in [2.05, 4.69) is 47.1 Å². The van der Waals surface area contributed by atoms with Crippen LogP contribution in [0.3, 0.4) is 0 Å². The van der Waals surface area contributed by atoms with Crippen LogP contribution in [0.1, 0.15) is 0 Å². The molecule has 0 aliphatic carbocycles. The van der Waals surface area contributed by atoms with Gasteiger partial charge in [0.25, 0.3) is 0 Å². The van der Waals surface area contributed by atoms with Crippen LogP contribution in [0, 0.1) is 0 Å². The van der Waals surface area contributed by atoms with Crippen molar-refractivity contribution in [2.75, 3.05) is 5.32 Å². The highest BCUT2D eigenvalue weighted by Crippen LogP contribution is 2.31. The second kappa shape index (κ2) is 5.68. The minimum atomic E-state index is 0.702. The van der Waals surface area contributed by atoms with E-state index in [1.165, 1.54) is 0 Å². The van der Waals surface area contributed by atoms with Gasteiger partial charge in [-0.3, -0.25) is 0 Å². The van der Waals surface area contributed by atoms with Gasteiger partial charge in [0.1, 0.15) is 12.1 Å². The Labute approximate surface area is 137 Å². The van der Waals surface area contributed by atoms with Crippen molar-refractivity contribution < 1.29 is 0 Å². The molecule has 1 N–H and O–H groups in total. The van der Waals surface area contributed by atoms with Crippen LogP contribution in [0.5, 0.6) is 0 Å². The zero-order valence-electron chi connectivity index (χ0n) is 10.1. The fraction of sp³-hybridized carbons (Fsp3) is 0. The SMILES string of the molecule is Clc1ccc(Nc2ncnc3c(Br)cc(Br)cc23)cc1. The minimum absolute atomic E-state index is 0.702. The van der Waals surface area contributed by atoms with Gasteiger partial charge in [-0.25, -0.2) is 9.97 Å². The lowest BCUT2D eigenvalue weighted by atomic mass is 10.2. The number of fused-ring (bicyclic) bond motifs is 1. The van der Waals surface area contributed by atoms with Crippen LogP contribution in [-0.2, 0) is 0 Å². The molecule has 3 aromatic rings. The topological polar surface area (TPSA) is 37.8 Å². The Morgan fingerprint density at radius 1 is 1.00 bits per heavy atom. The van der Waals surface area contributed by atoms with Crippen molar-refractivity contribution >= 4 is 65.9 Å². The van der Waals surface area contributed by atoms with Gasteiger partial charge in [-0.05, 0) is 52.3 Å². The lowest BCUT2D eigenvalue weighted by Crippen LogP contribution is -1.96. The average molecular weight is 414 g/mol. The van der Waals surface area contributed by atoms with Gasteiger partial charge in [-0.1, -0.05) is 27.5 Å². The maximum atomic E-state index is 5.89. The molecule has 2 aromatic carbocycles. The third kappa shape index (κ3) is 2.80. The van der Waals surface area contributed by atoms with E-state index < -0.39 is 0 Å². The number of nitrogens with zero attached hydrogens (tertiary/aromatic N) is 2. The Bertz CT molecular complexity index is 775. The van der Waals surface area contributed by atoms with Crippen LogP contribution in [-0.4, -0.2) is 9.97 Å². The van der Waals surface area contributed by atoms with Crippen LogP contribution >= 0.6 is 43.5 Å². The molecule has 1 heterocycles. The fourth-order valence-corrected chi connectivity index (χ4v) is 3.31. The highest BCUT2D eigenvalue weighted by atomic mass is 79.9. The van der Waals surface area contributed by atoms with E-state index in [4.69, 9.17) is 11.6 Å². The second-order valence-corrected chi connectivity index (χ2v) is 6.34. The summed E-state index contributed by atoms with van der Waals surface area (Å²) in [7, 11) is 0. The maximum absolute atomic E-state index is 5.89. The molecule has 0 saturated heterocycles. The highest BCUT2D eigenvalue weighted by Gasteiger charge is 2.08. The van der Waals surface area contributed by atoms with Crippen molar-refractivity contribution in [2.24, 2.45) is 0 Å². The molecule has 0 atom stereocenters. The van der Waals surface area contributed by atoms with Gasteiger partial charge in [-0.2, -0.15) is 0 Å². The van der Waals surface area contributed by atoms with Crippen LogP contribution < -0.4 is 5.32 Å². The van der Waals surface area contributed by atoms with Crippen molar-refractivity contribution in [3.05, 3.63) is 56.7 Å². The Balaban J connectivity index is 2.09. The Kier molecular flexibility index (Phi) is 3.92. The Morgan fingerprint density at radius 3 is 2.50 bits per heavy atom. The molecule has 0 spiro atoms. The summed E-state index contributed by atoms with van der Waals surface area (Å²) in [5.41, 5.74) is 1.78. The predicted octanol–water partition coefficient (Wildman–Crippen LogP) is 5.55. The third-order valence-corrected chi connectivity index (χ3v) is 4.08. The molecule has 0 aliphatic rings. The van der Waals surface area contributed by atoms with Crippen molar-refractivity contribution in [1.82, 2.24) is 9.97 Å². The molecule has 0 unspecified atom stereocenters. The molecule has 100 valence electrons. The largest absolute Gasteiger partial charge is 0.340 e. The first-order valence-corrected chi connectivity index (χ1v) is 7.72. The molecule has 0 fully saturated rings. The van der Waals surface area contributed by atoms with Crippen LogP contribution in [0.15, 0.2) is 51.7 Å². The summed E-state index contributed by atoms with van der Waals surface area (Å²) in [4.78, 5) is 8.61. The summed E-state index contributed by atoms with van der Waals surface area (Å²) >= 11 is 12.9. The molecule has 20 heavy (non-hydrogen) atoms. The first kappa shape index (κ1) is 13.8. The molecule has 3 rings (SSSR count). The van der Waals surface area contributed by atoms with Gasteiger partial charge in [0, 0.05) is 25.0 Å². The van der Waals surface area contributed by atoms with Gasteiger partial charge >= 0.3 is 0 Å². The quantitative estimate of drug-likeness (QED) is 0.598. The van der Waals surface area contributed by atoms with Crippen molar-refractivity contribution in [3.63, 3.8) is 0 Å². The summed E-state index contributed by atoms with van der Waals surface area (Å²) in [6, 6.07) is 11.4. The molecule has 1 aromatic heterocycles. The second-order valence-electron chi connectivity index (χ2n) is 4.14. The van der Waals surface area contributed by atoms with E-state index in [0.29, 0.717) is 5.02 Å². The number of nitrogens with one attached hydrogen (secondary N) is 1. The molecule has 3 nitrogen and oxygen atoms in total. The fourth-order valence-electron chi connectivity index (χ4n) is 1.86. The number of rotatable bonds is 2. The molecule has 0 aliphatic heterocycles. The van der Waals surface area contributed by atoms with Gasteiger partial charge < -0.3 is 5.32 Å². The Morgan fingerprint density at radius 2 is 1.75 bits per heavy atom. The van der Waals surface area contributed by atoms with Gasteiger partial charge in [0.05, 0.1) is 5.52 Å². The average Bonchev–Trinajstić information content (AvgIpc) is 2.42. The standard InChI is InChI=1S/C14H8Br2ClN3/c15-8-5-11-13(12(16)6-8)18-7-19-14(11)20-10-3-1-9(17)2-4-10/h1-7H,(H,18,19,20). The van der Waals surface area contributed by atoms with Crippen molar-refractivity contribution in [3.8, 4) is 0 Å². The Hall–Kier alpha value is -1.17. The number of benzene rings is 2. The molecule has 6 heteroatoms. The number of anilines is 2. The zero-order valence-corrected chi connectivity index (χ0v) is 14.0. The van der Waals surface area contributed by atoms with E-state index in [-0.39, 0.29) is 0 Å². The summed E-state index contributed by atoms with van der Waals surface area (Å²) in [5.74, 6) is 0.749. The first-order chi connectivity index (χ1) is 9.63. The number of halogens is 3. The molecular formula is C14H8Br2ClN3. The summed E-state index contributed by atoms with van der Waals surface area (Å²) in [6.07, 6.45) is 1.54. The maximum Gasteiger partial charge on any atom is 0.141 e. The molecule has 0 saturated carbocycles.